The van der Waals surface area contributed by atoms with Crippen molar-refractivity contribution >= 4 is 22.4 Å². The second kappa shape index (κ2) is 7.74. The standard InChI is InChI=1S/C17H17N3O3S/c1-2-12-5-7-13(8-6-12)22-11-9-15-19-20-17(24-15)18-16(21)14-4-3-10-23-14/h3-8,10H,2,9,11H2,1H3,(H,18,20,21). The van der Waals surface area contributed by atoms with Gasteiger partial charge >= 0.3 is 0 Å². The largest absolute Gasteiger partial charge is 0.493 e. The minimum absolute atomic E-state index is 0.241. The van der Waals surface area contributed by atoms with E-state index in [0.717, 1.165) is 17.2 Å². The molecule has 3 aromatic rings. The van der Waals surface area contributed by atoms with Gasteiger partial charge in [-0.15, -0.1) is 10.2 Å². The summed E-state index contributed by atoms with van der Waals surface area (Å²) < 4.78 is 10.7. The number of nitrogens with zero attached hydrogens (tertiary/aromatic N) is 2. The molecule has 2 heterocycles. The van der Waals surface area contributed by atoms with Gasteiger partial charge in [-0.1, -0.05) is 30.4 Å². The van der Waals surface area contributed by atoms with E-state index < -0.39 is 0 Å². The maximum atomic E-state index is 11.8. The summed E-state index contributed by atoms with van der Waals surface area (Å²) in [6.07, 6.45) is 3.09. The van der Waals surface area contributed by atoms with Gasteiger partial charge in [0.15, 0.2) is 5.76 Å². The minimum atomic E-state index is -0.338. The number of carbonyl (C=O) groups excluding carboxylic acids is 1. The number of carbonyl (C=O) groups is 1. The fraction of sp³-hybridized carbons (Fsp3) is 0.235. The van der Waals surface area contributed by atoms with Gasteiger partial charge in [0.05, 0.1) is 12.9 Å². The van der Waals surface area contributed by atoms with Crippen molar-refractivity contribution in [3.05, 3.63) is 59.0 Å². The Morgan fingerprint density at radius 1 is 1.25 bits per heavy atom. The number of aryl methyl sites for hydroxylation is 1. The smallest absolute Gasteiger partial charge is 0.293 e. The Labute approximate surface area is 143 Å². The first-order valence-corrected chi connectivity index (χ1v) is 8.45. The number of hydrogen-bond donors (Lipinski definition) is 1. The van der Waals surface area contributed by atoms with Crippen LogP contribution in [0, 0.1) is 0 Å². The zero-order valence-corrected chi connectivity index (χ0v) is 14.0. The Morgan fingerprint density at radius 2 is 2.08 bits per heavy atom. The summed E-state index contributed by atoms with van der Waals surface area (Å²) in [7, 11) is 0. The molecule has 0 bridgehead atoms. The Hall–Kier alpha value is -2.67. The predicted octanol–water partition coefficient (Wildman–Crippen LogP) is 3.57. The van der Waals surface area contributed by atoms with E-state index in [0.29, 0.717) is 18.2 Å². The number of benzene rings is 1. The van der Waals surface area contributed by atoms with Crippen LogP contribution >= 0.6 is 11.3 Å². The molecule has 0 radical (unpaired) electrons. The van der Waals surface area contributed by atoms with Gasteiger partial charge < -0.3 is 9.15 Å². The monoisotopic (exact) mass is 343 g/mol. The summed E-state index contributed by atoms with van der Waals surface area (Å²) in [6.45, 7) is 2.62. The van der Waals surface area contributed by atoms with Crippen LogP contribution in [0.3, 0.4) is 0 Å². The van der Waals surface area contributed by atoms with Crippen LogP contribution in [0.25, 0.3) is 0 Å². The number of hydrogen-bond acceptors (Lipinski definition) is 6. The van der Waals surface area contributed by atoms with Crippen LogP contribution < -0.4 is 10.1 Å². The Bertz CT molecular complexity index is 782. The number of anilines is 1. The van der Waals surface area contributed by atoms with Gasteiger partial charge in [0.25, 0.3) is 5.91 Å². The van der Waals surface area contributed by atoms with Crippen LogP contribution in [0.2, 0.25) is 0 Å². The van der Waals surface area contributed by atoms with Crippen molar-refractivity contribution < 1.29 is 13.9 Å². The molecule has 1 N–H and O–H groups in total. The summed E-state index contributed by atoms with van der Waals surface area (Å²) in [6, 6.07) is 11.3. The molecule has 0 fully saturated rings. The van der Waals surface area contributed by atoms with E-state index >= 15 is 0 Å². The van der Waals surface area contributed by atoms with Crippen molar-refractivity contribution in [2.75, 3.05) is 11.9 Å². The van der Waals surface area contributed by atoms with Crippen molar-refractivity contribution in [2.45, 2.75) is 19.8 Å². The maximum absolute atomic E-state index is 11.8. The summed E-state index contributed by atoms with van der Waals surface area (Å²) >= 11 is 1.32. The lowest BCUT2D eigenvalue weighted by Gasteiger charge is -2.05. The van der Waals surface area contributed by atoms with Crippen molar-refractivity contribution in [1.82, 2.24) is 10.2 Å². The van der Waals surface area contributed by atoms with E-state index in [1.54, 1.807) is 12.1 Å². The number of furan rings is 1. The van der Waals surface area contributed by atoms with E-state index in [9.17, 15) is 4.79 Å². The van der Waals surface area contributed by atoms with E-state index in [2.05, 4.69) is 34.6 Å². The second-order valence-corrected chi connectivity index (χ2v) is 6.09. The molecule has 0 aliphatic heterocycles. The third kappa shape index (κ3) is 4.20. The van der Waals surface area contributed by atoms with Gasteiger partial charge in [0, 0.05) is 6.42 Å². The molecule has 0 aliphatic carbocycles. The van der Waals surface area contributed by atoms with Crippen LogP contribution in [0.15, 0.2) is 47.1 Å². The quantitative estimate of drug-likeness (QED) is 0.709. The molecule has 1 amide bonds. The Morgan fingerprint density at radius 3 is 2.79 bits per heavy atom. The molecule has 3 rings (SSSR count). The van der Waals surface area contributed by atoms with Gasteiger partial charge in [0.2, 0.25) is 5.13 Å². The van der Waals surface area contributed by atoms with Crippen LogP contribution in [-0.2, 0) is 12.8 Å². The summed E-state index contributed by atoms with van der Waals surface area (Å²) in [5.41, 5.74) is 1.28. The zero-order chi connectivity index (χ0) is 16.8. The Balaban J connectivity index is 1.48. The number of rotatable bonds is 7. The molecule has 0 spiro atoms. The van der Waals surface area contributed by atoms with E-state index in [-0.39, 0.29) is 11.7 Å². The highest BCUT2D eigenvalue weighted by atomic mass is 32.1. The molecule has 6 nitrogen and oxygen atoms in total. The highest BCUT2D eigenvalue weighted by Gasteiger charge is 2.12. The normalized spacial score (nSPS) is 10.5. The highest BCUT2D eigenvalue weighted by molar-refractivity contribution is 7.15. The molecule has 0 saturated carbocycles. The van der Waals surface area contributed by atoms with Crippen LogP contribution in [0.1, 0.15) is 28.0 Å². The highest BCUT2D eigenvalue weighted by Crippen LogP contribution is 2.18. The van der Waals surface area contributed by atoms with Crippen molar-refractivity contribution in [1.29, 1.82) is 0 Å². The number of aromatic nitrogens is 2. The summed E-state index contributed by atoms with van der Waals surface area (Å²) in [5.74, 6) is 0.739. The Kier molecular flexibility index (Phi) is 5.22. The van der Waals surface area contributed by atoms with Crippen molar-refractivity contribution in [3.8, 4) is 5.75 Å². The fourth-order valence-corrected chi connectivity index (χ4v) is 2.76. The molecular weight excluding hydrogens is 326 g/mol. The van der Waals surface area contributed by atoms with Crippen molar-refractivity contribution in [2.24, 2.45) is 0 Å². The lowest BCUT2D eigenvalue weighted by atomic mass is 10.2. The first kappa shape index (κ1) is 16.2. The fourth-order valence-electron chi connectivity index (χ4n) is 2.05. The molecule has 0 unspecified atom stereocenters. The number of ether oxygens (including phenoxy) is 1. The minimum Gasteiger partial charge on any atom is -0.493 e. The summed E-state index contributed by atoms with van der Waals surface area (Å²) in [5, 5.41) is 11.9. The third-order valence-electron chi connectivity index (χ3n) is 3.35. The number of nitrogens with one attached hydrogen (secondary N) is 1. The number of amides is 1. The lowest BCUT2D eigenvalue weighted by Crippen LogP contribution is -2.10. The van der Waals surface area contributed by atoms with Gasteiger partial charge in [0.1, 0.15) is 10.8 Å². The molecule has 1 aromatic carbocycles. The molecule has 2 aromatic heterocycles. The van der Waals surface area contributed by atoms with Crippen molar-refractivity contribution in [3.63, 3.8) is 0 Å². The first-order valence-electron chi connectivity index (χ1n) is 7.63. The molecule has 7 heteroatoms. The zero-order valence-electron chi connectivity index (χ0n) is 13.2. The van der Waals surface area contributed by atoms with Crippen LogP contribution in [0.4, 0.5) is 5.13 Å². The third-order valence-corrected chi connectivity index (χ3v) is 4.25. The molecule has 24 heavy (non-hydrogen) atoms. The van der Waals surface area contributed by atoms with Crippen LogP contribution in [-0.4, -0.2) is 22.7 Å². The average molecular weight is 343 g/mol. The molecule has 0 aliphatic rings. The van der Waals surface area contributed by atoms with E-state index in [1.165, 1.54) is 23.2 Å². The van der Waals surface area contributed by atoms with Gasteiger partial charge in [-0.05, 0) is 36.2 Å². The summed E-state index contributed by atoms with van der Waals surface area (Å²) in [4.78, 5) is 11.8. The average Bonchev–Trinajstić information content (AvgIpc) is 3.27. The maximum Gasteiger partial charge on any atom is 0.293 e. The van der Waals surface area contributed by atoms with E-state index in [1.807, 2.05) is 12.1 Å². The van der Waals surface area contributed by atoms with Gasteiger partial charge in [-0.2, -0.15) is 0 Å². The SMILES string of the molecule is CCc1ccc(OCCc2nnc(NC(=O)c3ccco3)s2)cc1. The van der Waals surface area contributed by atoms with E-state index in [4.69, 9.17) is 9.15 Å². The second-order valence-electron chi connectivity index (χ2n) is 5.03. The molecule has 0 atom stereocenters. The van der Waals surface area contributed by atoms with Gasteiger partial charge in [-0.3, -0.25) is 10.1 Å². The molecular formula is C17H17N3O3S. The first-order chi connectivity index (χ1) is 11.7. The lowest BCUT2D eigenvalue weighted by molar-refractivity contribution is 0.0996. The van der Waals surface area contributed by atoms with Gasteiger partial charge in [-0.25, -0.2) is 0 Å². The molecule has 124 valence electrons. The molecule has 0 saturated heterocycles. The topological polar surface area (TPSA) is 77.3 Å². The van der Waals surface area contributed by atoms with Crippen LogP contribution in [0.5, 0.6) is 5.75 Å². The predicted molar refractivity (Wildman–Crippen MR) is 91.6 cm³/mol.